The van der Waals surface area contributed by atoms with Crippen LogP contribution in [-0.2, 0) is 16.1 Å². The SMILES string of the molecule is COCC1(NC[C@@]2(O)CCCN(Cc3cccc(OC)c3)C2=O)CCCC1. The Hall–Kier alpha value is -1.63. The molecule has 0 spiro atoms. The lowest BCUT2D eigenvalue weighted by atomic mass is 9.89. The molecule has 27 heavy (non-hydrogen) atoms. The van der Waals surface area contributed by atoms with Crippen LogP contribution in [0.1, 0.15) is 44.1 Å². The molecule has 3 rings (SSSR count). The van der Waals surface area contributed by atoms with E-state index in [-0.39, 0.29) is 18.0 Å². The van der Waals surface area contributed by atoms with E-state index in [9.17, 15) is 9.90 Å². The molecule has 1 aliphatic heterocycles. The minimum absolute atomic E-state index is 0.111. The highest BCUT2D eigenvalue weighted by molar-refractivity contribution is 5.86. The topological polar surface area (TPSA) is 71.0 Å². The molecule has 0 aromatic heterocycles. The molecule has 1 saturated heterocycles. The van der Waals surface area contributed by atoms with E-state index in [0.717, 1.165) is 43.4 Å². The first kappa shape index (κ1) is 20.1. The van der Waals surface area contributed by atoms with Crippen molar-refractivity contribution in [2.75, 3.05) is 33.9 Å². The number of carbonyl (C=O) groups excluding carboxylic acids is 1. The van der Waals surface area contributed by atoms with Crippen molar-refractivity contribution < 1.29 is 19.4 Å². The van der Waals surface area contributed by atoms with Gasteiger partial charge in [-0.1, -0.05) is 25.0 Å². The maximum absolute atomic E-state index is 13.0. The maximum atomic E-state index is 13.0. The standard InChI is InChI=1S/C21H32N2O4/c1-26-16-20(9-3-4-10-20)22-15-21(25)11-6-12-23(19(21)24)14-17-7-5-8-18(13-17)27-2/h5,7-8,13,22,25H,3-4,6,9-12,14-16H2,1-2H3/t21-/m0/s1. The van der Waals surface area contributed by atoms with E-state index in [1.807, 2.05) is 24.3 Å². The number of amides is 1. The molecule has 0 unspecified atom stereocenters. The zero-order valence-electron chi connectivity index (χ0n) is 16.5. The van der Waals surface area contributed by atoms with E-state index in [1.165, 1.54) is 0 Å². The summed E-state index contributed by atoms with van der Waals surface area (Å²) in [5.74, 6) is 0.589. The van der Waals surface area contributed by atoms with Crippen LogP contribution < -0.4 is 10.1 Å². The number of carbonyl (C=O) groups is 1. The van der Waals surface area contributed by atoms with Gasteiger partial charge in [-0.2, -0.15) is 0 Å². The van der Waals surface area contributed by atoms with Gasteiger partial charge in [-0.25, -0.2) is 0 Å². The van der Waals surface area contributed by atoms with Gasteiger partial charge in [-0.05, 0) is 43.4 Å². The average molecular weight is 376 g/mol. The van der Waals surface area contributed by atoms with Crippen LogP contribution in [0.25, 0.3) is 0 Å². The second kappa shape index (κ2) is 8.59. The third-order valence-corrected chi connectivity index (χ3v) is 5.95. The van der Waals surface area contributed by atoms with Gasteiger partial charge < -0.3 is 24.8 Å². The number of rotatable bonds is 8. The van der Waals surface area contributed by atoms with E-state index in [0.29, 0.717) is 26.1 Å². The number of aliphatic hydroxyl groups is 1. The number of nitrogens with one attached hydrogen (secondary N) is 1. The van der Waals surface area contributed by atoms with Gasteiger partial charge in [0.05, 0.1) is 13.7 Å². The van der Waals surface area contributed by atoms with Crippen molar-refractivity contribution in [1.29, 1.82) is 0 Å². The van der Waals surface area contributed by atoms with E-state index >= 15 is 0 Å². The van der Waals surface area contributed by atoms with Crippen molar-refractivity contribution >= 4 is 5.91 Å². The van der Waals surface area contributed by atoms with Gasteiger partial charge in [-0.3, -0.25) is 4.79 Å². The molecule has 1 atom stereocenters. The van der Waals surface area contributed by atoms with Crippen molar-refractivity contribution in [2.45, 2.75) is 56.2 Å². The number of hydrogen-bond donors (Lipinski definition) is 2. The summed E-state index contributed by atoms with van der Waals surface area (Å²) in [6.45, 7) is 2.05. The van der Waals surface area contributed by atoms with Crippen molar-refractivity contribution in [2.24, 2.45) is 0 Å². The lowest BCUT2D eigenvalue weighted by Crippen LogP contribution is -2.61. The fourth-order valence-electron chi connectivity index (χ4n) is 4.41. The molecule has 150 valence electrons. The predicted octanol–water partition coefficient (Wildman–Crippen LogP) is 2.10. The number of nitrogens with zero attached hydrogens (tertiary/aromatic N) is 1. The number of likely N-dealkylation sites (tertiary alicyclic amines) is 1. The van der Waals surface area contributed by atoms with Crippen LogP contribution >= 0.6 is 0 Å². The number of benzene rings is 1. The first-order chi connectivity index (χ1) is 13.0. The molecular weight excluding hydrogens is 344 g/mol. The summed E-state index contributed by atoms with van der Waals surface area (Å²) in [6, 6.07) is 7.72. The summed E-state index contributed by atoms with van der Waals surface area (Å²) in [5.41, 5.74) is -0.452. The fraction of sp³-hybridized carbons (Fsp3) is 0.667. The molecule has 1 aromatic carbocycles. The van der Waals surface area contributed by atoms with E-state index in [4.69, 9.17) is 9.47 Å². The maximum Gasteiger partial charge on any atom is 0.256 e. The molecule has 0 bridgehead atoms. The van der Waals surface area contributed by atoms with Crippen LogP contribution in [-0.4, -0.2) is 61.0 Å². The summed E-state index contributed by atoms with van der Waals surface area (Å²) in [7, 11) is 3.34. The number of ether oxygens (including phenoxy) is 2. The van der Waals surface area contributed by atoms with Crippen LogP contribution in [0.3, 0.4) is 0 Å². The normalized spacial score (nSPS) is 25.0. The van der Waals surface area contributed by atoms with Crippen molar-refractivity contribution in [1.82, 2.24) is 10.2 Å². The number of piperidine rings is 1. The van der Waals surface area contributed by atoms with Crippen LogP contribution in [0, 0.1) is 0 Å². The smallest absolute Gasteiger partial charge is 0.256 e. The summed E-state index contributed by atoms with van der Waals surface area (Å²) < 4.78 is 10.7. The Kier molecular flexibility index (Phi) is 6.40. The minimum atomic E-state index is -1.35. The third-order valence-electron chi connectivity index (χ3n) is 5.95. The molecule has 2 N–H and O–H groups in total. The third kappa shape index (κ3) is 4.62. The zero-order chi connectivity index (χ0) is 19.3. The van der Waals surface area contributed by atoms with E-state index in [1.54, 1.807) is 19.1 Å². The molecule has 1 amide bonds. The van der Waals surface area contributed by atoms with Crippen molar-refractivity contribution in [3.63, 3.8) is 0 Å². The molecule has 0 radical (unpaired) electrons. The Morgan fingerprint density at radius 2 is 1.96 bits per heavy atom. The molecule has 2 fully saturated rings. The van der Waals surface area contributed by atoms with Crippen LogP contribution in [0.5, 0.6) is 5.75 Å². The Balaban J connectivity index is 1.65. The van der Waals surface area contributed by atoms with Gasteiger partial charge in [0.25, 0.3) is 5.91 Å². The fourth-order valence-corrected chi connectivity index (χ4v) is 4.41. The minimum Gasteiger partial charge on any atom is -0.497 e. The van der Waals surface area contributed by atoms with Crippen LogP contribution in [0.2, 0.25) is 0 Å². The van der Waals surface area contributed by atoms with Gasteiger partial charge in [0.1, 0.15) is 5.75 Å². The lowest BCUT2D eigenvalue weighted by molar-refractivity contribution is -0.157. The number of hydrogen-bond acceptors (Lipinski definition) is 5. The highest BCUT2D eigenvalue weighted by Gasteiger charge is 2.44. The molecule has 1 saturated carbocycles. The highest BCUT2D eigenvalue weighted by atomic mass is 16.5. The van der Waals surface area contributed by atoms with Crippen LogP contribution in [0.4, 0.5) is 0 Å². The lowest BCUT2D eigenvalue weighted by Gasteiger charge is -2.41. The summed E-state index contributed by atoms with van der Waals surface area (Å²) in [6.07, 6.45) is 5.66. The number of methoxy groups -OCH3 is 2. The average Bonchev–Trinajstić information content (AvgIpc) is 3.14. The summed E-state index contributed by atoms with van der Waals surface area (Å²) >= 11 is 0. The first-order valence-corrected chi connectivity index (χ1v) is 9.89. The Morgan fingerprint density at radius 3 is 2.67 bits per heavy atom. The summed E-state index contributed by atoms with van der Waals surface area (Å²) in [4.78, 5) is 14.8. The van der Waals surface area contributed by atoms with Crippen LogP contribution in [0.15, 0.2) is 24.3 Å². The van der Waals surface area contributed by atoms with Crippen molar-refractivity contribution in [3.8, 4) is 5.75 Å². The Morgan fingerprint density at radius 1 is 1.19 bits per heavy atom. The monoisotopic (exact) mass is 376 g/mol. The summed E-state index contributed by atoms with van der Waals surface area (Å²) in [5, 5.41) is 14.6. The van der Waals surface area contributed by atoms with Crippen molar-refractivity contribution in [3.05, 3.63) is 29.8 Å². The molecule has 1 aliphatic carbocycles. The zero-order valence-corrected chi connectivity index (χ0v) is 16.5. The van der Waals surface area contributed by atoms with Gasteiger partial charge >= 0.3 is 0 Å². The second-order valence-corrected chi connectivity index (χ2v) is 7.99. The Bertz CT molecular complexity index is 645. The van der Waals surface area contributed by atoms with Gasteiger partial charge in [-0.15, -0.1) is 0 Å². The first-order valence-electron chi connectivity index (χ1n) is 9.89. The second-order valence-electron chi connectivity index (χ2n) is 7.99. The molecule has 2 aliphatic rings. The van der Waals surface area contributed by atoms with Gasteiger partial charge in [0.15, 0.2) is 5.60 Å². The predicted molar refractivity (Wildman–Crippen MR) is 104 cm³/mol. The van der Waals surface area contributed by atoms with Gasteiger partial charge in [0.2, 0.25) is 0 Å². The Labute approximate surface area is 161 Å². The molecular formula is C21H32N2O4. The van der Waals surface area contributed by atoms with E-state index in [2.05, 4.69) is 5.32 Å². The highest BCUT2D eigenvalue weighted by Crippen LogP contribution is 2.32. The van der Waals surface area contributed by atoms with E-state index < -0.39 is 5.60 Å². The molecule has 1 aromatic rings. The quantitative estimate of drug-likeness (QED) is 0.727. The number of β-amino-alcohol motifs (C(OH)–C–C–N with tert-alkyl or cyclic N) is 1. The van der Waals surface area contributed by atoms with Gasteiger partial charge in [0, 0.05) is 32.3 Å². The molecule has 6 heteroatoms. The molecule has 1 heterocycles. The largest absolute Gasteiger partial charge is 0.497 e. The molecule has 6 nitrogen and oxygen atoms in total.